The molecule has 25 heavy (non-hydrogen) atoms. The number of hydrogen-bond acceptors (Lipinski definition) is 5. The lowest BCUT2D eigenvalue weighted by Crippen LogP contribution is -2.18. The van der Waals surface area contributed by atoms with E-state index in [0.29, 0.717) is 5.02 Å². The van der Waals surface area contributed by atoms with Crippen LogP contribution in [-0.2, 0) is 16.1 Å². The number of nitrogens with one attached hydrogen (secondary N) is 1. The Morgan fingerprint density at radius 3 is 3.04 bits per heavy atom. The second kappa shape index (κ2) is 8.21. The van der Waals surface area contributed by atoms with Crippen LogP contribution in [0.25, 0.3) is 0 Å². The molecule has 1 atom stereocenters. The second-order valence-electron chi connectivity index (χ2n) is 6.02. The van der Waals surface area contributed by atoms with Gasteiger partial charge in [-0.15, -0.1) is 10.2 Å². The molecule has 0 unspecified atom stereocenters. The SMILES string of the molecule is Cc1c(Cl)cccc1NC(=O)CSc1nnc(C)n1C[C@H]1CCCO1. The van der Waals surface area contributed by atoms with E-state index in [1.165, 1.54) is 11.8 Å². The summed E-state index contributed by atoms with van der Waals surface area (Å²) in [5, 5.41) is 12.6. The molecule has 1 aromatic carbocycles. The van der Waals surface area contributed by atoms with E-state index in [9.17, 15) is 4.79 Å². The molecular formula is C17H21ClN4O2S. The van der Waals surface area contributed by atoms with E-state index >= 15 is 0 Å². The van der Waals surface area contributed by atoms with Crippen molar-refractivity contribution in [2.24, 2.45) is 0 Å². The third-order valence-corrected chi connectivity index (χ3v) is 5.56. The van der Waals surface area contributed by atoms with Crippen LogP contribution in [0.2, 0.25) is 5.02 Å². The van der Waals surface area contributed by atoms with Gasteiger partial charge in [0.15, 0.2) is 5.16 Å². The Kier molecular flexibility index (Phi) is 5.98. The topological polar surface area (TPSA) is 69.0 Å². The third-order valence-electron chi connectivity index (χ3n) is 4.19. The molecule has 134 valence electrons. The summed E-state index contributed by atoms with van der Waals surface area (Å²) in [6, 6.07) is 5.46. The predicted octanol–water partition coefficient (Wildman–Crippen LogP) is 3.46. The Hall–Kier alpha value is -1.57. The molecule has 1 N–H and O–H groups in total. The number of carbonyl (C=O) groups excluding carboxylic acids is 1. The van der Waals surface area contributed by atoms with Crippen LogP contribution in [0.15, 0.2) is 23.4 Å². The van der Waals surface area contributed by atoms with Gasteiger partial charge in [-0.2, -0.15) is 0 Å². The quantitative estimate of drug-likeness (QED) is 0.777. The van der Waals surface area contributed by atoms with Gasteiger partial charge < -0.3 is 14.6 Å². The maximum absolute atomic E-state index is 12.3. The number of aromatic nitrogens is 3. The summed E-state index contributed by atoms with van der Waals surface area (Å²) in [5.41, 5.74) is 1.59. The largest absolute Gasteiger partial charge is 0.376 e. The van der Waals surface area contributed by atoms with Gasteiger partial charge in [-0.05, 0) is 44.4 Å². The number of amides is 1. The highest BCUT2D eigenvalue weighted by Crippen LogP contribution is 2.24. The third kappa shape index (κ3) is 4.54. The van der Waals surface area contributed by atoms with Gasteiger partial charge in [-0.3, -0.25) is 4.79 Å². The summed E-state index contributed by atoms with van der Waals surface area (Å²) in [4.78, 5) is 12.3. The molecule has 2 aromatic rings. The molecule has 1 aliphatic rings. The van der Waals surface area contributed by atoms with E-state index in [2.05, 4.69) is 15.5 Å². The Morgan fingerprint density at radius 2 is 2.28 bits per heavy atom. The molecule has 1 aromatic heterocycles. The van der Waals surface area contributed by atoms with Gasteiger partial charge in [-0.1, -0.05) is 29.4 Å². The number of nitrogens with zero attached hydrogens (tertiary/aromatic N) is 3. The number of aryl methyl sites for hydroxylation is 1. The fourth-order valence-corrected chi connectivity index (χ4v) is 3.70. The minimum absolute atomic E-state index is 0.0975. The molecule has 1 saturated heterocycles. The zero-order valence-electron chi connectivity index (χ0n) is 14.3. The van der Waals surface area contributed by atoms with Crippen molar-refractivity contribution in [3.05, 3.63) is 34.6 Å². The number of carbonyl (C=O) groups is 1. The van der Waals surface area contributed by atoms with E-state index in [-0.39, 0.29) is 17.8 Å². The maximum atomic E-state index is 12.3. The standard InChI is InChI=1S/C17H21ClN4O2S/c1-11-14(18)6-3-7-15(11)19-16(23)10-25-17-21-20-12(2)22(17)9-13-5-4-8-24-13/h3,6-7,13H,4-5,8-10H2,1-2H3,(H,19,23)/t13-/m1/s1. The van der Waals surface area contributed by atoms with Crippen molar-refractivity contribution in [3.8, 4) is 0 Å². The molecule has 0 bridgehead atoms. The van der Waals surface area contributed by atoms with Gasteiger partial charge in [0.25, 0.3) is 0 Å². The Balaban J connectivity index is 1.59. The van der Waals surface area contributed by atoms with Crippen molar-refractivity contribution in [1.82, 2.24) is 14.8 Å². The van der Waals surface area contributed by atoms with Crippen molar-refractivity contribution in [2.45, 2.75) is 44.5 Å². The highest BCUT2D eigenvalue weighted by Gasteiger charge is 2.20. The van der Waals surface area contributed by atoms with Gasteiger partial charge >= 0.3 is 0 Å². The van der Waals surface area contributed by atoms with Gasteiger partial charge in [0.2, 0.25) is 5.91 Å². The normalized spacial score (nSPS) is 17.0. The van der Waals surface area contributed by atoms with Gasteiger partial charge in [0.05, 0.1) is 18.4 Å². The number of rotatable bonds is 6. The maximum Gasteiger partial charge on any atom is 0.234 e. The molecule has 1 aliphatic heterocycles. The Bertz CT molecular complexity index is 759. The van der Waals surface area contributed by atoms with Crippen LogP contribution < -0.4 is 5.32 Å². The second-order valence-corrected chi connectivity index (χ2v) is 7.37. The summed E-state index contributed by atoms with van der Waals surface area (Å²) in [7, 11) is 0. The van der Waals surface area contributed by atoms with E-state index in [0.717, 1.165) is 48.2 Å². The molecule has 2 heterocycles. The number of halogens is 1. The average molecular weight is 381 g/mol. The monoisotopic (exact) mass is 380 g/mol. The summed E-state index contributed by atoms with van der Waals surface area (Å²) in [6.45, 7) is 5.35. The molecule has 6 nitrogen and oxygen atoms in total. The summed E-state index contributed by atoms with van der Waals surface area (Å²) in [6.07, 6.45) is 2.35. The molecular weight excluding hydrogens is 360 g/mol. The highest BCUT2D eigenvalue weighted by atomic mass is 35.5. The first-order valence-corrected chi connectivity index (χ1v) is 9.60. The fraction of sp³-hybridized carbons (Fsp3) is 0.471. The molecule has 1 fully saturated rings. The van der Waals surface area contributed by atoms with Crippen molar-refractivity contribution in [3.63, 3.8) is 0 Å². The van der Waals surface area contributed by atoms with E-state index in [1.807, 2.05) is 30.5 Å². The van der Waals surface area contributed by atoms with Gasteiger partial charge in [0.1, 0.15) is 5.82 Å². The van der Waals surface area contributed by atoms with E-state index in [4.69, 9.17) is 16.3 Å². The lowest BCUT2D eigenvalue weighted by molar-refractivity contribution is -0.113. The van der Waals surface area contributed by atoms with Crippen molar-refractivity contribution in [2.75, 3.05) is 17.7 Å². The summed E-state index contributed by atoms with van der Waals surface area (Å²) >= 11 is 7.46. The highest BCUT2D eigenvalue weighted by molar-refractivity contribution is 7.99. The first-order valence-electron chi connectivity index (χ1n) is 8.24. The lowest BCUT2D eigenvalue weighted by Gasteiger charge is -2.13. The first-order chi connectivity index (χ1) is 12.0. The Labute approximate surface area is 156 Å². The lowest BCUT2D eigenvalue weighted by atomic mass is 10.2. The van der Waals surface area contributed by atoms with Gasteiger partial charge in [-0.25, -0.2) is 0 Å². The number of ether oxygens (including phenoxy) is 1. The van der Waals surface area contributed by atoms with E-state index in [1.54, 1.807) is 6.07 Å². The van der Waals surface area contributed by atoms with Crippen LogP contribution in [0.4, 0.5) is 5.69 Å². The van der Waals surface area contributed by atoms with Crippen LogP contribution >= 0.6 is 23.4 Å². The summed E-state index contributed by atoms with van der Waals surface area (Å²) in [5.74, 6) is 0.999. The smallest absolute Gasteiger partial charge is 0.234 e. The van der Waals surface area contributed by atoms with Crippen LogP contribution in [0.3, 0.4) is 0 Å². The van der Waals surface area contributed by atoms with E-state index < -0.39 is 0 Å². The predicted molar refractivity (Wildman–Crippen MR) is 99.3 cm³/mol. The van der Waals surface area contributed by atoms with Crippen LogP contribution in [-0.4, -0.2) is 39.1 Å². The average Bonchev–Trinajstić information content (AvgIpc) is 3.22. The van der Waals surface area contributed by atoms with Crippen molar-refractivity contribution >= 4 is 35.0 Å². The molecule has 0 aliphatic carbocycles. The molecule has 8 heteroatoms. The summed E-state index contributed by atoms with van der Waals surface area (Å²) < 4.78 is 7.71. The van der Waals surface area contributed by atoms with Crippen molar-refractivity contribution < 1.29 is 9.53 Å². The molecule has 0 radical (unpaired) electrons. The molecule has 1 amide bonds. The number of benzene rings is 1. The number of anilines is 1. The van der Waals surface area contributed by atoms with Crippen LogP contribution in [0.5, 0.6) is 0 Å². The van der Waals surface area contributed by atoms with Crippen LogP contribution in [0, 0.1) is 13.8 Å². The molecule has 0 spiro atoms. The molecule has 0 saturated carbocycles. The zero-order valence-corrected chi connectivity index (χ0v) is 15.9. The molecule has 3 rings (SSSR count). The van der Waals surface area contributed by atoms with Crippen LogP contribution in [0.1, 0.15) is 24.2 Å². The minimum atomic E-state index is -0.0975. The van der Waals surface area contributed by atoms with Gasteiger partial charge in [0, 0.05) is 17.3 Å². The minimum Gasteiger partial charge on any atom is -0.376 e. The first kappa shape index (κ1) is 18.2. The number of hydrogen-bond donors (Lipinski definition) is 1. The zero-order chi connectivity index (χ0) is 17.8. The number of thioether (sulfide) groups is 1. The van der Waals surface area contributed by atoms with Crippen molar-refractivity contribution in [1.29, 1.82) is 0 Å². The fourth-order valence-electron chi connectivity index (χ4n) is 2.73. The Morgan fingerprint density at radius 1 is 1.44 bits per heavy atom.